The summed E-state index contributed by atoms with van der Waals surface area (Å²) in [5, 5.41) is 3.23. The number of carbonyl (C=O) groups is 1. The fourth-order valence-corrected chi connectivity index (χ4v) is 1.80. The molecule has 1 aromatic rings. The highest BCUT2D eigenvalue weighted by Crippen LogP contribution is 2.07. The van der Waals surface area contributed by atoms with Crippen LogP contribution in [0.1, 0.15) is 43.0 Å². The Balaban J connectivity index is 2.42. The second-order valence-electron chi connectivity index (χ2n) is 5.42. The molecule has 118 valence electrons. The summed E-state index contributed by atoms with van der Waals surface area (Å²) in [6.45, 7) is 8.11. The van der Waals surface area contributed by atoms with Gasteiger partial charge in [-0.1, -0.05) is 0 Å². The van der Waals surface area contributed by atoms with Crippen LogP contribution in [-0.2, 0) is 4.74 Å². The van der Waals surface area contributed by atoms with Crippen LogP contribution in [0, 0.1) is 6.92 Å². The molecule has 0 aliphatic carbocycles. The zero-order valence-electron chi connectivity index (χ0n) is 13.6. The number of unbranched alkanes of at least 4 members (excludes halogenated alkanes) is 1. The third-order valence-corrected chi connectivity index (χ3v) is 3.35. The summed E-state index contributed by atoms with van der Waals surface area (Å²) in [7, 11) is 3.46. The van der Waals surface area contributed by atoms with E-state index in [0.29, 0.717) is 11.9 Å². The average Bonchev–Trinajstić information content (AvgIpc) is 2.45. The lowest BCUT2D eigenvalue weighted by Crippen LogP contribution is -2.27. The first-order chi connectivity index (χ1) is 9.93. The van der Waals surface area contributed by atoms with Crippen LogP contribution in [0.2, 0.25) is 0 Å². The maximum absolute atomic E-state index is 11.5. The Kier molecular flexibility index (Phi) is 7.08. The van der Waals surface area contributed by atoms with Crippen molar-refractivity contribution in [2.75, 3.05) is 32.6 Å². The summed E-state index contributed by atoms with van der Waals surface area (Å²) in [5.41, 5.74) is 0.743. The lowest BCUT2D eigenvalue weighted by Gasteiger charge is -2.20. The van der Waals surface area contributed by atoms with Crippen molar-refractivity contribution in [3.63, 3.8) is 0 Å². The molecule has 1 heterocycles. The minimum absolute atomic E-state index is 0.0968. The second-order valence-corrected chi connectivity index (χ2v) is 5.42. The molecular formula is C15H26N4O2. The molecule has 1 N–H and O–H groups in total. The number of aromatic nitrogens is 2. The number of hydrogen-bond acceptors (Lipinski definition) is 6. The number of esters is 1. The van der Waals surface area contributed by atoms with Crippen LogP contribution in [-0.4, -0.2) is 54.1 Å². The van der Waals surface area contributed by atoms with Gasteiger partial charge in [-0.15, -0.1) is 0 Å². The van der Waals surface area contributed by atoms with Gasteiger partial charge in [0.15, 0.2) is 0 Å². The number of carbonyl (C=O) groups excluding carboxylic acids is 1. The molecule has 0 unspecified atom stereocenters. The number of nitrogens with one attached hydrogen (secondary N) is 1. The van der Waals surface area contributed by atoms with Gasteiger partial charge in [-0.05, 0) is 47.2 Å². The smallest absolute Gasteiger partial charge is 0.376 e. The van der Waals surface area contributed by atoms with Crippen molar-refractivity contribution in [3.05, 3.63) is 17.6 Å². The summed E-state index contributed by atoms with van der Waals surface area (Å²) >= 11 is 0. The van der Waals surface area contributed by atoms with Gasteiger partial charge in [0.1, 0.15) is 5.82 Å². The van der Waals surface area contributed by atoms with Gasteiger partial charge in [0.2, 0.25) is 5.82 Å². The van der Waals surface area contributed by atoms with Crippen molar-refractivity contribution >= 4 is 11.8 Å². The molecule has 0 aromatic carbocycles. The fourth-order valence-electron chi connectivity index (χ4n) is 1.80. The fraction of sp³-hybridized carbons (Fsp3) is 0.667. The molecule has 21 heavy (non-hydrogen) atoms. The number of methoxy groups -OCH3 is 1. The monoisotopic (exact) mass is 294 g/mol. The van der Waals surface area contributed by atoms with Crippen LogP contribution in [0.3, 0.4) is 0 Å². The Bertz CT molecular complexity index is 463. The van der Waals surface area contributed by atoms with Crippen LogP contribution < -0.4 is 5.32 Å². The predicted molar refractivity (Wildman–Crippen MR) is 83.6 cm³/mol. The molecule has 0 aliphatic rings. The van der Waals surface area contributed by atoms with Crippen LogP contribution in [0.15, 0.2) is 6.07 Å². The number of aryl methyl sites for hydroxylation is 1. The van der Waals surface area contributed by atoms with Crippen molar-refractivity contribution in [2.24, 2.45) is 0 Å². The van der Waals surface area contributed by atoms with Gasteiger partial charge in [0, 0.05) is 24.3 Å². The molecule has 0 radical (unpaired) electrons. The van der Waals surface area contributed by atoms with E-state index in [2.05, 4.69) is 45.8 Å². The summed E-state index contributed by atoms with van der Waals surface area (Å²) in [5.74, 6) is 0.250. The molecule has 0 aliphatic heterocycles. The highest BCUT2D eigenvalue weighted by Gasteiger charge is 2.11. The number of nitrogens with zero attached hydrogens (tertiary/aromatic N) is 3. The van der Waals surface area contributed by atoms with E-state index >= 15 is 0 Å². The van der Waals surface area contributed by atoms with Crippen molar-refractivity contribution in [1.82, 2.24) is 14.9 Å². The maximum atomic E-state index is 11.5. The van der Waals surface area contributed by atoms with Crippen LogP contribution in [0.4, 0.5) is 5.82 Å². The van der Waals surface area contributed by atoms with E-state index in [4.69, 9.17) is 0 Å². The van der Waals surface area contributed by atoms with E-state index < -0.39 is 5.97 Å². The van der Waals surface area contributed by atoms with Crippen molar-refractivity contribution < 1.29 is 9.53 Å². The molecule has 0 saturated heterocycles. The molecule has 1 aromatic heterocycles. The van der Waals surface area contributed by atoms with E-state index in [1.54, 1.807) is 0 Å². The number of ether oxygens (including phenoxy) is 1. The molecule has 0 bridgehead atoms. The first kappa shape index (κ1) is 17.4. The molecule has 0 amide bonds. The molecule has 0 saturated carbocycles. The maximum Gasteiger partial charge on any atom is 0.376 e. The quantitative estimate of drug-likeness (QED) is 0.585. The summed E-state index contributed by atoms with van der Waals surface area (Å²) in [6.07, 6.45) is 2.17. The minimum Gasteiger partial charge on any atom is -0.463 e. The van der Waals surface area contributed by atoms with Crippen LogP contribution in [0.5, 0.6) is 0 Å². The van der Waals surface area contributed by atoms with E-state index in [1.807, 2.05) is 13.0 Å². The Morgan fingerprint density at radius 2 is 2.10 bits per heavy atom. The predicted octanol–water partition coefficient (Wildman–Crippen LogP) is 2.10. The summed E-state index contributed by atoms with van der Waals surface area (Å²) < 4.78 is 4.64. The Morgan fingerprint density at radius 3 is 2.71 bits per heavy atom. The van der Waals surface area contributed by atoms with Crippen molar-refractivity contribution in [3.8, 4) is 0 Å². The Labute approximate surface area is 126 Å². The van der Waals surface area contributed by atoms with Gasteiger partial charge in [-0.25, -0.2) is 14.8 Å². The summed E-state index contributed by atoms with van der Waals surface area (Å²) in [6, 6.07) is 2.40. The standard InChI is InChI=1S/C15H26N4O2/c1-11(2)19(4)9-7-6-8-16-13-10-12(3)17-14(18-13)15(20)21-5/h10-11H,6-9H2,1-5H3,(H,16,17,18). The van der Waals surface area contributed by atoms with Crippen LogP contribution in [0.25, 0.3) is 0 Å². The molecule has 6 nitrogen and oxygen atoms in total. The molecule has 6 heteroatoms. The lowest BCUT2D eigenvalue weighted by atomic mass is 10.2. The minimum atomic E-state index is -0.514. The number of hydrogen-bond donors (Lipinski definition) is 1. The number of rotatable bonds is 8. The van der Waals surface area contributed by atoms with E-state index in [0.717, 1.165) is 31.6 Å². The first-order valence-corrected chi connectivity index (χ1v) is 7.32. The molecule has 0 fully saturated rings. The zero-order valence-corrected chi connectivity index (χ0v) is 13.6. The van der Waals surface area contributed by atoms with Gasteiger partial charge in [-0.2, -0.15) is 0 Å². The van der Waals surface area contributed by atoms with Gasteiger partial charge in [-0.3, -0.25) is 0 Å². The van der Waals surface area contributed by atoms with E-state index in [-0.39, 0.29) is 5.82 Å². The Hall–Kier alpha value is -1.69. The van der Waals surface area contributed by atoms with E-state index in [1.165, 1.54) is 7.11 Å². The van der Waals surface area contributed by atoms with Crippen molar-refractivity contribution in [2.45, 2.75) is 39.7 Å². The Morgan fingerprint density at radius 1 is 1.38 bits per heavy atom. The van der Waals surface area contributed by atoms with Gasteiger partial charge in [0.05, 0.1) is 7.11 Å². The highest BCUT2D eigenvalue weighted by molar-refractivity contribution is 5.85. The molecule has 1 rings (SSSR count). The zero-order chi connectivity index (χ0) is 15.8. The third kappa shape index (κ3) is 6.08. The van der Waals surface area contributed by atoms with Gasteiger partial charge >= 0.3 is 5.97 Å². The SMILES string of the molecule is COC(=O)c1nc(C)cc(NCCCCN(C)C(C)C)n1. The number of anilines is 1. The average molecular weight is 294 g/mol. The topological polar surface area (TPSA) is 67.3 Å². The van der Waals surface area contributed by atoms with Gasteiger partial charge in [0.25, 0.3) is 0 Å². The molecule has 0 spiro atoms. The van der Waals surface area contributed by atoms with Crippen LogP contribution >= 0.6 is 0 Å². The highest BCUT2D eigenvalue weighted by atomic mass is 16.5. The summed E-state index contributed by atoms with van der Waals surface area (Å²) in [4.78, 5) is 22.0. The van der Waals surface area contributed by atoms with E-state index in [9.17, 15) is 4.79 Å². The second kappa shape index (κ2) is 8.56. The third-order valence-electron chi connectivity index (χ3n) is 3.35. The van der Waals surface area contributed by atoms with Crippen molar-refractivity contribution in [1.29, 1.82) is 0 Å². The normalized spacial score (nSPS) is 11.0. The largest absolute Gasteiger partial charge is 0.463 e. The van der Waals surface area contributed by atoms with Gasteiger partial charge < -0.3 is 15.0 Å². The molecular weight excluding hydrogens is 268 g/mol. The lowest BCUT2D eigenvalue weighted by molar-refractivity contribution is 0.0586. The first-order valence-electron chi connectivity index (χ1n) is 7.32. The molecule has 0 atom stereocenters.